The fourth-order valence-corrected chi connectivity index (χ4v) is 2.63. The molecule has 3 rings (SSSR count). The second-order valence-corrected chi connectivity index (χ2v) is 5.47. The van der Waals surface area contributed by atoms with Gasteiger partial charge in [0.15, 0.2) is 5.58 Å². The van der Waals surface area contributed by atoms with Gasteiger partial charge in [0.25, 0.3) is 0 Å². The minimum absolute atomic E-state index is 0.450. The fourth-order valence-electron chi connectivity index (χ4n) is 2.11. The number of pyridine rings is 1. The van der Waals surface area contributed by atoms with Gasteiger partial charge in [0.05, 0.1) is 6.04 Å². The number of benzene rings is 1. The predicted molar refractivity (Wildman–Crippen MR) is 81.2 cm³/mol. The van der Waals surface area contributed by atoms with Gasteiger partial charge in [0, 0.05) is 21.8 Å². The van der Waals surface area contributed by atoms with Gasteiger partial charge in [-0.05, 0) is 36.8 Å². The van der Waals surface area contributed by atoms with Crippen LogP contribution in [0.5, 0.6) is 0 Å². The van der Waals surface area contributed by atoms with E-state index < -0.39 is 6.04 Å². The minimum Gasteiger partial charge on any atom is -0.457 e. The van der Waals surface area contributed by atoms with Crippen molar-refractivity contribution in [2.75, 3.05) is 0 Å². The summed E-state index contributed by atoms with van der Waals surface area (Å²) in [6.07, 6.45) is 0. The Morgan fingerprint density at radius 3 is 2.70 bits per heavy atom. The molecule has 0 fully saturated rings. The molecule has 0 aliphatic heterocycles. The van der Waals surface area contributed by atoms with E-state index in [0.717, 1.165) is 16.8 Å². The lowest BCUT2D eigenvalue weighted by atomic mass is 10.1. The van der Waals surface area contributed by atoms with E-state index in [1.807, 2.05) is 25.1 Å². The Hall–Kier alpha value is -1.55. The summed E-state index contributed by atoms with van der Waals surface area (Å²) in [6, 6.07) is 10.4. The van der Waals surface area contributed by atoms with Crippen molar-refractivity contribution >= 4 is 34.3 Å². The number of aromatic nitrogens is 1. The Bertz CT molecular complexity index is 783. The lowest BCUT2D eigenvalue weighted by Crippen LogP contribution is -2.11. The predicted octanol–water partition coefficient (Wildman–Crippen LogP) is 4.49. The number of nitrogens with two attached hydrogens (primary N) is 1. The molecular formula is C15H12Cl2N2O. The molecule has 0 saturated carbocycles. The van der Waals surface area contributed by atoms with E-state index in [4.69, 9.17) is 33.4 Å². The first kappa shape index (κ1) is 13.4. The van der Waals surface area contributed by atoms with Gasteiger partial charge in [-0.25, -0.2) is 4.98 Å². The van der Waals surface area contributed by atoms with Crippen molar-refractivity contribution in [1.82, 2.24) is 4.98 Å². The third kappa shape index (κ3) is 2.40. The van der Waals surface area contributed by atoms with Crippen LogP contribution < -0.4 is 5.73 Å². The molecule has 0 spiro atoms. The summed E-state index contributed by atoms with van der Waals surface area (Å²) in [5, 5.41) is 1.10. The summed E-state index contributed by atoms with van der Waals surface area (Å²) in [5.41, 5.74) is 9.43. The zero-order chi connectivity index (χ0) is 14.3. The first-order valence-corrected chi connectivity index (χ1v) is 6.88. The Morgan fingerprint density at radius 1 is 1.15 bits per heavy atom. The van der Waals surface area contributed by atoms with Crippen LogP contribution in [0, 0.1) is 6.92 Å². The van der Waals surface area contributed by atoms with Crippen molar-refractivity contribution in [2.24, 2.45) is 5.73 Å². The largest absolute Gasteiger partial charge is 0.457 e. The van der Waals surface area contributed by atoms with Crippen molar-refractivity contribution < 1.29 is 4.42 Å². The zero-order valence-electron chi connectivity index (χ0n) is 10.7. The summed E-state index contributed by atoms with van der Waals surface area (Å²) in [7, 11) is 0. The van der Waals surface area contributed by atoms with Crippen LogP contribution in [-0.4, -0.2) is 4.98 Å². The molecule has 1 unspecified atom stereocenters. The van der Waals surface area contributed by atoms with Crippen molar-refractivity contribution in [2.45, 2.75) is 13.0 Å². The number of furan rings is 1. The normalized spacial score (nSPS) is 12.8. The molecule has 2 N–H and O–H groups in total. The number of fused-ring (bicyclic) bond motifs is 1. The minimum atomic E-state index is -0.450. The molecule has 5 heteroatoms. The number of hydrogen-bond donors (Lipinski definition) is 1. The van der Waals surface area contributed by atoms with E-state index in [1.54, 1.807) is 18.2 Å². The highest BCUT2D eigenvalue weighted by molar-refractivity contribution is 6.35. The molecule has 102 valence electrons. The zero-order valence-corrected chi connectivity index (χ0v) is 12.2. The van der Waals surface area contributed by atoms with E-state index in [0.29, 0.717) is 21.4 Å². The fraction of sp³-hybridized carbons (Fsp3) is 0.133. The van der Waals surface area contributed by atoms with Gasteiger partial charge in [-0.2, -0.15) is 0 Å². The summed E-state index contributed by atoms with van der Waals surface area (Å²) in [6.45, 7) is 1.93. The molecule has 2 heterocycles. The Kier molecular flexibility index (Phi) is 3.42. The van der Waals surface area contributed by atoms with E-state index in [1.165, 1.54) is 0 Å². The van der Waals surface area contributed by atoms with Crippen LogP contribution in [0.15, 0.2) is 40.8 Å². The Balaban J connectivity index is 2.05. The van der Waals surface area contributed by atoms with Gasteiger partial charge in [-0.15, -0.1) is 0 Å². The third-order valence-electron chi connectivity index (χ3n) is 3.14. The van der Waals surface area contributed by atoms with Crippen LogP contribution in [0.25, 0.3) is 11.1 Å². The number of rotatable bonds is 2. The first-order valence-electron chi connectivity index (χ1n) is 6.12. The Morgan fingerprint density at radius 2 is 1.95 bits per heavy atom. The maximum absolute atomic E-state index is 6.22. The van der Waals surface area contributed by atoms with Crippen LogP contribution >= 0.6 is 23.2 Å². The van der Waals surface area contributed by atoms with Crippen LogP contribution in [0.2, 0.25) is 10.0 Å². The number of nitrogens with zero attached hydrogens (tertiary/aromatic N) is 1. The molecule has 0 aliphatic carbocycles. The maximum Gasteiger partial charge on any atom is 0.152 e. The quantitative estimate of drug-likeness (QED) is 0.759. The number of aryl methyl sites for hydroxylation is 1. The molecule has 0 amide bonds. The average Bonchev–Trinajstić information content (AvgIpc) is 2.81. The second kappa shape index (κ2) is 5.09. The summed E-state index contributed by atoms with van der Waals surface area (Å²) < 4.78 is 5.75. The molecule has 3 nitrogen and oxygen atoms in total. The maximum atomic E-state index is 6.22. The molecule has 20 heavy (non-hydrogen) atoms. The number of halogens is 2. The van der Waals surface area contributed by atoms with Gasteiger partial charge in [-0.3, -0.25) is 0 Å². The average molecular weight is 307 g/mol. The van der Waals surface area contributed by atoms with Crippen LogP contribution in [0.4, 0.5) is 0 Å². The number of hydrogen-bond acceptors (Lipinski definition) is 3. The van der Waals surface area contributed by atoms with E-state index >= 15 is 0 Å². The molecule has 0 saturated heterocycles. The summed E-state index contributed by atoms with van der Waals surface area (Å²) >= 11 is 12.1. The van der Waals surface area contributed by atoms with Crippen molar-refractivity contribution in [1.29, 1.82) is 0 Å². The molecule has 3 aromatic rings. The van der Waals surface area contributed by atoms with Crippen LogP contribution in [-0.2, 0) is 0 Å². The van der Waals surface area contributed by atoms with Gasteiger partial charge in [0.2, 0.25) is 0 Å². The molecule has 1 aromatic carbocycles. The highest BCUT2D eigenvalue weighted by Crippen LogP contribution is 2.31. The Labute approximate surface area is 126 Å². The van der Waals surface area contributed by atoms with Gasteiger partial charge in [-0.1, -0.05) is 29.3 Å². The van der Waals surface area contributed by atoms with Crippen LogP contribution in [0.1, 0.15) is 23.1 Å². The second-order valence-electron chi connectivity index (χ2n) is 4.63. The van der Waals surface area contributed by atoms with Crippen molar-refractivity contribution in [3.8, 4) is 0 Å². The van der Waals surface area contributed by atoms with Crippen molar-refractivity contribution in [3.63, 3.8) is 0 Å². The molecule has 0 aliphatic rings. The smallest absolute Gasteiger partial charge is 0.152 e. The highest BCUT2D eigenvalue weighted by atomic mass is 35.5. The van der Waals surface area contributed by atoms with Gasteiger partial charge >= 0.3 is 0 Å². The molecular weight excluding hydrogens is 295 g/mol. The molecule has 0 bridgehead atoms. The SMILES string of the molecule is Cc1ccc2oc(C(N)c3ccc(Cl)cc3Cl)cc2n1. The summed E-state index contributed by atoms with van der Waals surface area (Å²) in [4.78, 5) is 4.41. The third-order valence-corrected chi connectivity index (χ3v) is 3.70. The van der Waals surface area contributed by atoms with E-state index in [-0.39, 0.29) is 0 Å². The topological polar surface area (TPSA) is 52.0 Å². The summed E-state index contributed by atoms with van der Waals surface area (Å²) in [5.74, 6) is 0.627. The lowest BCUT2D eigenvalue weighted by molar-refractivity contribution is 0.525. The lowest BCUT2D eigenvalue weighted by Gasteiger charge is -2.11. The van der Waals surface area contributed by atoms with Crippen LogP contribution in [0.3, 0.4) is 0 Å². The standard InChI is InChI=1S/C15H12Cl2N2O/c1-8-2-5-13-12(19-8)7-14(20-13)15(18)10-4-3-9(16)6-11(10)17/h2-7,15H,18H2,1H3. The molecule has 0 radical (unpaired) electrons. The highest BCUT2D eigenvalue weighted by Gasteiger charge is 2.17. The van der Waals surface area contributed by atoms with E-state index in [9.17, 15) is 0 Å². The van der Waals surface area contributed by atoms with E-state index in [2.05, 4.69) is 4.98 Å². The van der Waals surface area contributed by atoms with Gasteiger partial charge in [0.1, 0.15) is 11.3 Å². The monoisotopic (exact) mass is 306 g/mol. The first-order chi connectivity index (χ1) is 9.54. The molecule has 1 atom stereocenters. The molecule has 2 aromatic heterocycles. The van der Waals surface area contributed by atoms with Gasteiger partial charge < -0.3 is 10.2 Å². The van der Waals surface area contributed by atoms with Crippen molar-refractivity contribution in [3.05, 3.63) is 63.5 Å².